The first kappa shape index (κ1) is 19.8. The molecule has 8 nitrogen and oxygen atoms in total. The molecular formula is C16H18ClN5O3S2. The molecule has 1 aliphatic heterocycles. The van der Waals surface area contributed by atoms with Gasteiger partial charge in [-0.05, 0) is 18.6 Å². The summed E-state index contributed by atoms with van der Waals surface area (Å²) in [6.45, 7) is 4.17. The molecule has 144 valence electrons. The van der Waals surface area contributed by atoms with Crippen molar-refractivity contribution in [3.8, 4) is 0 Å². The molecule has 11 heteroatoms. The van der Waals surface area contributed by atoms with Crippen molar-refractivity contribution in [2.24, 2.45) is 0 Å². The van der Waals surface area contributed by atoms with E-state index < -0.39 is 9.84 Å². The minimum Gasteiger partial charge on any atom is -0.310 e. The number of allylic oxidation sites excluding steroid dienone is 1. The van der Waals surface area contributed by atoms with E-state index in [1.165, 1.54) is 18.0 Å². The lowest BCUT2D eigenvalue weighted by atomic mass is 10.1. The topological polar surface area (TPSA) is 107 Å². The average molecular weight is 428 g/mol. The molecule has 0 spiro atoms. The van der Waals surface area contributed by atoms with E-state index >= 15 is 0 Å². The molecule has 3 rings (SSSR count). The van der Waals surface area contributed by atoms with Crippen molar-refractivity contribution in [3.05, 3.63) is 41.8 Å². The fraction of sp³-hybridized carbons (Fsp3) is 0.375. The van der Waals surface area contributed by atoms with Gasteiger partial charge >= 0.3 is 0 Å². The van der Waals surface area contributed by atoms with E-state index in [-0.39, 0.29) is 29.1 Å². The number of nitrogens with zero attached hydrogens (tertiary/aromatic N) is 4. The number of amides is 1. The smallest absolute Gasteiger partial charge is 0.236 e. The van der Waals surface area contributed by atoms with Crippen LogP contribution in [0.25, 0.3) is 0 Å². The number of pyridine rings is 1. The molecule has 1 aliphatic rings. The van der Waals surface area contributed by atoms with Gasteiger partial charge in [0.2, 0.25) is 5.91 Å². The van der Waals surface area contributed by atoms with Gasteiger partial charge in [0.25, 0.3) is 0 Å². The number of hydrogen-bond acceptors (Lipinski definition) is 7. The van der Waals surface area contributed by atoms with E-state index in [1.807, 2.05) is 4.57 Å². The number of anilines is 1. The number of carbonyl (C=O) groups is 1. The Morgan fingerprint density at radius 1 is 1.44 bits per heavy atom. The second kappa shape index (κ2) is 8.41. The molecule has 2 aromatic heterocycles. The van der Waals surface area contributed by atoms with Crippen LogP contribution in [0.15, 0.2) is 36.1 Å². The van der Waals surface area contributed by atoms with Gasteiger partial charge in [-0.2, -0.15) is 0 Å². The Hall–Kier alpha value is -1.91. The molecule has 0 radical (unpaired) electrons. The van der Waals surface area contributed by atoms with Gasteiger partial charge in [0.15, 0.2) is 15.0 Å². The molecule has 1 unspecified atom stereocenters. The molecule has 1 amide bonds. The summed E-state index contributed by atoms with van der Waals surface area (Å²) in [6.07, 6.45) is 3.68. The van der Waals surface area contributed by atoms with Crippen molar-refractivity contribution in [3.63, 3.8) is 0 Å². The first-order valence-electron chi connectivity index (χ1n) is 8.16. The molecule has 0 saturated carbocycles. The molecule has 1 atom stereocenters. The lowest BCUT2D eigenvalue weighted by Gasteiger charge is -2.11. The van der Waals surface area contributed by atoms with Gasteiger partial charge in [-0.1, -0.05) is 29.4 Å². The van der Waals surface area contributed by atoms with Gasteiger partial charge in [-0.3, -0.25) is 4.79 Å². The van der Waals surface area contributed by atoms with Gasteiger partial charge in [-0.15, -0.1) is 16.8 Å². The average Bonchev–Trinajstić information content (AvgIpc) is 3.18. The predicted octanol–water partition coefficient (Wildman–Crippen LogP) is 2.15. The second-order valence-electron chi connectivity index (χ2n) is 6.04. The Morgan fingerprint density at radius 2 is 2.26 bits per heavy atom. The third-order valence-electron chi connectivity index (χ3n) is 3.98. The molecular weight excluding hydrogens is 410 g/mol. The third kappa shape index (κ3) is 5.08. The van der Waals surface area contributed by atoms with Gasteiger partial charge in [-0.25, -0.2) is 13.4 Å². The number of thioether (sulfide) groups is 1. The summed E-state index contributed by atoms with van der Waals surface area (Å²) >= 11 is 6.99. The fourth-order valence-corrected chi connectivity index (χ4v) is 5.37. The zero-order valence-corrected chi connectivity index (χ0v) is 16.7. The highest BCUT2D eigenvalue weighted by Crippen LogP contribution is 2.30. The lowest BCUT2D eigenvalue weighted by molar-refractivity contribution is -0.113. The number of halogens is 1. The van der Waals surface area contributed by atoms with E-state index in [0.717, 1.165) is 0 Å². The van der Waals surface area contributed by atoms with Crippen molar-refractivity contribution >= 4 is 44.9 Å². The maximum absolute atomic E-state index is 12.1. The Balaban J connectivity index is 1.66. The Kier molecular flexibility index (Phi) is 6.18. The Morgan fingerprint density at radius 3 is 2.89 bits per heavy atom. The SMILES string of the molecule is C=CCn1c(SCC(=O)Nc2ccc(Cl)cn2)nnc1C1CCS(=O)(=O)C1. The standard InChI is InChI=1S/C16H18ClN5O3S2/c1-2-6-22-15(11-5-7-27(24,25)10-11)20-21-16(22)26-9-14(23)19-13-4-3-12(17)8-18-13/h2-4,8,11H,1,5-7,9-10H2,(H,18,19,23). The van der Waals surface area contributed by atoms with Crippen molar-refractivity contribution in [1.82, 2.24) is 19.7 Å². The molecule has 0 aliphatic carbocycles. The minimum atomic E-state index is -3.02. The third-order valence-corrected chi connectivity index (χ3v) is 6.94. The van der Waals surface area contributed by atoms with Crippen LogP contribution in [0.3, 0.4) is 0 Å². The first-order chi connectivity index (χ1) is 12.9. The zero-order chi connectivity index (χ0) is 19.4. The van der Waals surface area contributed by atoms with Crippen LogP contribution in [0.4, 0.5) is 5.82 Å². The van der Waals surface area contributed by atoms with E-state index in [1.54, 1.807) is 18.2 Å². The van der Waals surface area contributed by atoms with Crippen LogP contribution in [-0.2, 0) is 21.2 Å². The van der Waals surface area contributed by atoms with E-state index in [4.69, 9.17) is 11.6 Å². The number of carbonyl (C=O) groups excluding carboxylic acids is 1. The number of aromatic nitrogens is 4. The molecule has 3 heterocycles. The number of rotatable bonds is 7. The number of nitrogens with one attached hydrogen (secondary N) is 1. The summed E-state index contributed by atoms with van der Waals surface area (Å²) in [4.78, 5) is 16.1. The van der Waals surface area contributed by atoms with Gasteiger partial charge < -0.3 is 9.88 Å². The maximum Gasteiger partial charge on any atom is 0.236 e. The largest absolute Gasteiger partial charge is 0.310 e. The van der Waals surface area contributed by atoms with E-state index in [0.29, 0.717) is 34.8 Å². The van der Waals surface area contributed by atoms with Crippen LogP contribution in [0.2, 0.25) is 5.02 Å². The van der Waals surface area contributed by atoms with Crippen molar-refractivity contribution < 1.29 is 13.2 Å². The van der Waals surface area contributed by atoms with Crippen LogP contribution >= 0.6 is 23.4 Å². The van der Waals surface area contributed by atoms with Gasteiger partial charge in [0.1, 0.15) is 11.6 Å². The van der Waals surface area contributed by atoms with Crippen LogP contribution in [-0.4, -0.2) is 51.3 Å². The summed E-state index contributed by atoms with van der Waals surface area (Å²) < 4.78 is 25.3. The molecule has 1 N–H and O–H groups in total. The summed E-state index contributed by atoms with van der Waals surface area (Å²) in [7, 11) is -3.02. The van der Waals surface area contributed by atoms with Crippen LogP contribution in [0.1, 0.15) is 18.2 Å². The second-order valence-corrected chi connectivity index (χ2v) is 9.65. The minimum absolute atomic E-state index is 0.0790. The van der Waals surface area contributed by atoms with Crippen LogP contribution in [0, 0.1) is 0 Å². The normalized spacial score (nSPS) is 18.3. The molecule has 1 fully saturated rings. The molecule has 1 saturated heterocycles. The van der Waals surface area contributed by atoms with Crippen molar-refractivity contribution in [1.29, 1.82) is 0 Å². The Bertz CT molecular complexity index is 943. The number of sulfone groups is 1. The Labute approximate surface area is 166 Å². The maximum atomic E-state index is 12.1. The highest BCUT2D eigenvalue weighted by atomic mass is 35.5. The molecule has 0 aromatic carbocycles. The monoisotopic (exact) mass is 427 g/mol. The highest BCUT2D eigenvalue weighted by molar-refractivity contribution is 7.99. The first-order valence-corrected chi connectivity index (χ1v) is 11.3. The predicted molar refractivity (Wildman–Crippen MR) is 105 cm³/mol. The van der Waals surface area contributed by atoms with Crippen molar-refractivity contribution in [2.75, 3.05) is 22.6 Å². The van der Waals surface area contributed by atoms with Gasteiger partial charge in [0, 0.05) is 18.7 Å². The van der Waals surface area contributed by atoms with Gasteiger partial charge in [0.05, 0.1) is 22.3 Å². The lowest BCUT2D eigenvalue weighted by Crippen LogP contribution is -2.16. The highest BCUT2D eigenvalue weighted by Gasteiger charge is 2.33. The van der Waals surface area contributed by atoms with Crippen LogP contribution < -0.4 is 5.32 Å². The summed E-state index contributed by atoms with van der Waals surface area (Å²) in [5, 5.41) is 12.0. The van der Waals surface area contributed by atoms with Crippen LogP contribution in [0.5, 0.6) is 0 Å². The zero-order valence-electron chi connectivity index (χ0n) is 14.3. The van der Waals surface area contributed by atoms with E-state index in [2.05, 4.69) is 27.1 Å². The van der Waals surface area contributed by atoms with Crippen molar-refractivity contribution in [2.45, 2.75) is 24.0 Å². The number of hydrogen-bond donors (Lipinski definition) is 1. The van der Waals surface area contributed by atoms with E-state index in [9.17, 15) is 13.2 Å². The molecule has 27 heavy (non-hydrogen) atoms. The molecule has 2 aromatic rings. The summed E-state index contributed by atoms with van der Waals surface area (Å²) in [6, 6.07) is 3.25. The quantitative estimate of drug-likeness (QED) is 0.532. The fourth-order valence-electron chi connectivity index (χ4n) is 2.77. The summed E-state index contributed by atoms with van der Waals surface area (Å²) in [5.41, 5.74) is 0. The summed E-state index contributed by atoms with van der Waals surface area (Å²) in [5.74, 6) is 0.972. The molecule has 0 bridgehead atoms.